The zero-order valence-corrected chi connectivity index (χ0v) is 31.5. The molecule has 254 valence electrons. The number of benzene rings is 9. The van der Waals surface area contributed by atoms with Gasteiger partial charge in [0.15, 0.2) is 0 Å². The summed E-state index contributed by atoms with van der Waals surface area (Å²) in [5, 5.41) is 10.4. The van der Waals surface area contributed by atoms with Gasteiger partial charge in [-0.2, -0.15) is 0 Å². The van der Waals surface area contributed by atoms with Crippen molar-refractivity contribution in [3.8, 4) is 27.9 Å². The van der Waals surface area contributed by atoms with Crippen molar-refractivity contribution in [2.24, 2.45) is 0 Å². The van der Waals surface area contributed by atoms with Gasteiger partial charge in [0.25, 0.3) is 0 Å². The zero-order chi connectivity index (χ0) is 35.7. The first kappa shape index (κ1) is 30.7. The second-order valence-corrected chi connectivity index (χ2v) is 17.4. The monoisotopic (exact) mass is 723 g/mol. The molecule has 0 amide bonds. The molecule has 0 spiro atoms. The number of fused-ring (bicyclic) bond motifs is 16. The predicted octanol–water partition coefficient (Wildman–Crippen LogP) is 14.8. The van der Waals surface area contributed by atoms with E-state index >= 15 is 0 Å². The molecular weight excluding hydrogens is 691 g/mol. The number of hydrogen-bond donors (Lipinski definition) is 0. The van der Waals surface area contributed by atoms with Crippen molar-refractivity contribution in [1.29, 1.82) is 0 Å². The van der Waals surface area contributed by atoms with E-state index in [1.54, 1.807) is 0 Å². The van der Waals surface area contributed by atoms with Crippen LogP contribution in [0.4, 0.5) is 0 Å². The van der Waals surface area contributed by atoms with E-state index in [-0.39, 0.29) is 5.41 Å². The van der Waals surface area contributed by atoms with Gasteiger partial charge in [0.2, 0.25) is 0 Å². The van der Waals surface area contributed by atoms with Crippen LogP contribution in [0.25, 0.3) is 82.1 Å². The molecule has 0 unspecified atom stereocenters. The van der Waals surface area contributed by atoms with E-state index in [4.69, 9.17) is 0 Å². The van der Waals surface area contributed by atoms with Crippen molar-refractivity contribution in [3.63, 3.8) is 0 Å². The summed E-state index contributed by atoms with van der Waals surface area (Å²) < 4.78 is 2.54. The van der Waals surface area contributed by atoms with Crippen LogP contribution < -0.4 is 0 Å². The minimum Gasteiger partial charge on any atom is -0.309 e. The van der Waals surface area contributed by atoms with Crippen LogP contribution in [0, 0.1) is 0 Å². The Balaban J connectivity index is 1.09. The normalized spacial score (nSPS) is 14.1. The molecule has 54 heavy (non-hydrogen) atoms. The zero-order valence-electron chi connectivity index (χ0n) is 29.9. The van der Waals surface area contributed by atoms with E-state index in [1.807, 2.05) is 23.5 Å². The lowest BCUT2D eigenvalue weighted by Gasteiger charge is -2.28. The molecule has 0 atom stereocenters. The lowest BCUT2D eigenvalue weighted by Crippen LogP contribution is -2.17. The molecule has 0 saturated carbocycles. The maximum atomic E-state index is 2.54. The van der Waals surface area contributed by atoms with Crippen LogP contribution in [0.1, 0.15) is 25.0 Å². The molecule has 1 aliphatic heterocycles. The van der Waals surface area contributed by atoms with Crippen molar-refractivity contribution < 1.29 is 0 Å². The SMILES string of the molecule is CC1(C)c2ccc3c4ccccc4n(-c4cccc(-c5ccc6c7ccccc7c7ccccc7c6c5)c4)c3c2-c2ccc3c(c21)Sc1ccccc1S3. The quantitative estimate of drug-likeness (QED) is 0.164. The van der Waals surface area contributed by atoms with E-state index in [0.717, 1.165) is 0 Å². The molecule has 3 heteroatoms. The van der Waals surface area contributed by atoms with Crippen LogP contribution in [0.2, 0.25) is 0 Å². The molecular formula is C51H33NS2. The van der Waals surface area contributed by atoms with Gasteiger partial charge in [-0.3, -0.25) is 0 Å². The van der Waals surface area contributed by atoms with Crippen LogP contribution in [0.5, 0.6) is 0 Å². The van der Waals surface area contributed by atoms with Gasteiger partial charge in [0.05, 0.1) is 11.0 Å². The highest BCUT2D eigenvalue weighted by Gasteiger charge is 2.41. The Labute approximate surface area is 322 Å². The third kappa shape index (κ3) is 4.14. The van der Waals surface area contributed by atoms with E-state index in [0.29, 0.717) is 0 Å². The van der Waals surface area contributed by atoms with E-state index in [1.165, 1.54) is 113 Å². The van der Waals surface area contributed by atoms with Crippen LogP contribution in [-0.4, -0.2) is 4.57 Å². The lowest BCUT2D eigenvalue weighted by molar-refractivity contribution is 0.642. The fraction of sp³-hybridized carbons (Fsp3) is 0.0588. The van der Waals surface area contributed by atoms with Gasteiger partial charge in [0.1, 0.15) is 0 Å². The summed E-state index contributed by atoms with van der Waals surface area (Å²) in [4.78, 5) is 5.46. The molecule has 10 aromatic rings. The Morgan fingerprint density at radius 3 is 1.81 bits per heavy atom. The second kappa shape index (κ2) is 11.1. The Morgan fingerprint density at radius 2 is 1.06 bits per heavy atom. The fourth-order valence-electron chi connectivity index (χ4n) is 9.59. The number of nitrogens with zero attached hydrogens (tertiary/aromatic N) is 1. The third-order valence-corrected chi connectivity index (χ3v) is 14.6. The molecule has 9 aromatic carbocycles. The smallest absolute Gasteiger partial charge is 0.0622 e. The Hall–Kier alpha value is -5.74. The topological polar surface area (TPSA) is 4.93 Å². The molecule has 0 saturated heterocycles. The number of hydrogen-bond acceptors (Lipinski definition) is 2. The van der Waals surface area contributed by atoms with Crippen molar-refractivity contribution in [2.45, 2.75) is 38.8 Å². The lowest BCUT2D eigenvalue weighted by atomic mass is 9.82. The minimum atomic E-state index is -0.148. The summed E-state index contributed by atoms with van der Waals surface area (Å²) in [5.74, 6) is 0. The summed E-state index contributed by atoms with van der Waals surface area (Å²) in [6, 6.07) is 61.2. The maximum Gasteiger partial charge on any atom is 0.0622 e. The van der Waals surface area contributed by atoms with E-state index in [2.05, 4.69) is 182 Å². The van der Waals surface area contributed by atoms with Gasteiger partial charge >= 0.3 is 0 Å². The number of rotatable bonds is 2. The molecule has 12 rings (SSSR count). The Bertz CT molecular complexity index is 3220. The van der Waals surface area contributed by atoms with Crippen LogP contribution in [0.15, 0.2) is 183 Å². The predicted molar refractivity (Wildman–Crippen MR) is 231 cm³/mol. The summed E-state index contributed by atoms with van der Waals surface area (Å²) in [6.45, 7) is 4.85. The van der Waals surface area contributed by atoms with Crippen molar-refractivity contribution in [2.75, 3.05) is 0 Å². The van der Waals surface area contributed by atoms with Gasteiger partial charge in [-0.05, 0) is 103 Å². The van der Waals surface area contributed by atoms with Gasteiger partial charge in [-0.15, -0.1) is 0 Å². The van der Waals surface area contributed by atoms with Crippen molar-refractivity contribution >= 4 is 77.6 Å². The van der Waals surface area contributed by atoms with Crippen LogP contribution >= 0.6 is 23.5 Å². The minimum absolute atomic E-state index is 0.148. The first-order valence-electron chi connectivity index (χ1n) is 18.7. The molecule has 0 fully saturated rings. The highest BCUT2D eigenvalue weighted by atomic mass is 32.2. The summed E-state index contributed by atoms with van der Waals surface area (Å²) in [5.41, 5.74) is 11.6. The average molecular weight is 724 g/mol. The fourth-order valence-corrected chi connectivity index (χ4v) is 12.1. The summed E-state index contributed by atoms with van der Waals surface area (Å²) in [7, 11) is 0. The maximum absolute atomic E-state index is 2.54. The van der Waals surface area contributed by atoms with Gasteiger partial charge < -0.3 is 4.57 Å². The average Bonchev–Trinajstić information content (AvgIpc) is 3.68. The first-order valence-corrected chi connectivity index (χ1v) is 20.3. The van der Waals surface area contributed by atoms with Gasteiger partial charge in [-0.25, -0.2) is 0 Å². The first-order chi connectivity index (χ1) is 26.5. The van der Waals surface area contributed by atoms with Crippen LogP contribution in [0.3, 0.4) is 0 Å². The highest BCUT2D eigenvalue weighted by molar-refractivity contribution is 8.05. The third-order valence-electron chi connectivity index (χ3n) is 12.0. The molecule has 0 radical (unpaired) electrons. The van der Waals surface area contributed by atoms with E-state index in [9.17, 15) is 0 Å². The van der Waals surface area contributed by atoms with Gasteiger partial charge in [-0.1, -0.05) is 159 Å². The molecule has 1 aliphatic carbocycles. The summed E-state index contributed by atoms with van der Waals surface area (Å²) >= 11 is 3.86. The summed E-state index contributed by atoms with van der Waals surface area (Å²) in [6.07, 6.45) is 0. The number of aromatic nitrogens is 1. The van der Waals surface area contributed by atoms with E-state index < -0.39 is 0 Å². The van der Waals surface area contributed by atoms with Gasteiger partial charge in [0, 0.05) is 47.0 Å². The standard InChI is InChI=1S/C51H33NS2/c1-51(2)42-26-24-39-38-18-7-8-19-43(38)52(49(39)47(42)40-25-27-46-50(48(40)51)54-45-21-10-9-20-44(45)53-46)32-13-11-12-30(28-32)31-22-23-37-35-16-4-3-14-33(35)34-15-5-6-17-36(34)41(37)29-31/h3-29H,1-2H3. The van der Waals surface area contributed by atoms with Crippen LogP contribution in [-0.2, 0) is 5.41 Å². The van der Waals surface area contributed by atoms with Crippen molar-refractivity contribution in [1.82, 2.24) is 4.57 Å². The molecule has 0 N–H and O–H groups in total. The second-order valence-electron chi connectivity index (χ2n) is 15.2. The Kier molecular flexibility index (Phi) is 6.33. The highest BCUT2D eigenvalue weighted by Crippen LogP contribution is 2.60. The molecule has 1 aromatic heterocycles. The number of para-hydroxylation sites is 1. The molecule has 1 nitrogen and oxygen atoms in total. The molecule has 2 aliphatic rings. The van der Waals surface area contributed by atoms with Crippen molar-refractivity contribution in [3.05, 3.63) is 175 Å². The molecule has 2 heterocycles. The Morgan fingerprint density at radius 1 is 0.444 bits per heavy atom. The largest absolute Gasteiger partial charge is 0.309 e. The molecule has 0 bridgehead atoms.